The second kappa shape index (κ2) is 7.89. The number of rotatable bonds is 5. The van der Waals surface area contributed by atoms with Crippen LogP contribution in [0.15, 0.2) is 77.7 Å². The quantitative estimate of drug-likeness (QED) is 0.566. The Morgan fingerprint density at radius 3 is 2.45 bits per heavy atom. The number of fused-ring (bicyclic) bond motifs is 2. The first-order valence-electron chi connectivity index (χ1n) is 9.60. The lowest BCUT2D eigenvalue weighted by atomic mass is 10.0. The van der Waals surface area contributed by atoms with Crippen LogP contribution in [0.1, 0.15) is 10.4 Å². The van der Waals surface area contributed by atoms with Gasteiger partial charge in [-0.2, -0.15) is 0 Å². The maximum Gasteiger partial charge on any atom is 0.258 e. The number of carbonyl (C=O) groups is 1. The molecule has 0 atom stereocenters. The Bertz CT molecular complexity index is 1250. The van der Waals surface area contributed by atoms with E-state index < -0.39 is 0 Å². The van der Waals surface area contributed by atoms with E-state index in [0.717, 1.165) is 22.7 Å². The average Bonchev–Trinajstić information content (AvgIpc) is 2.73. The Balaban J connectivity index is 1.70. The summed E-state index contributed by atoms with van der Waals surface area (Å²) < 4.78 is 1.71. The summed E-state index contributed by atoms with van der Waals surface area (Å²) in [5, 5.41) is 6.25. The zero-order chi connectivity index (χ0) is 20.4. The normalized spacial score (nSPS) is 11.3. The molecule has 0 unspecified atom stereocenters. The third-order valence-electron chi connectivity index (χ3n) is 5.09. The summed E-state index contributed by atoms with van der Waals surface area (Å²) in [4.78, 5) is 27.9. The summed E-state index contributed by atoms with van der Waals surface area (Å²) in [6.07, 6.45) is 1.79. The fraction of sp³-hybridized carbons (Fsp3) is 0.167. The number of hydrogen-bond acceptors (Lipinski definition) is 3. The van der Waals surface area contributed by atoms with E-state index in [2.05, 4.69) is 5.32 Å². The number of likely N-dealkylation sites (N-methyl/N-ethyl adjacent to an activating group) is 1. The zero-order valence-corrected chi connectivity index (χ0v) is 16.6. The van der Waals surface area contributed by atoms with Gasteiger partial charge in [0.1, 0.15) is 0 Å². The largest absolute Gasteiger partial charge is 0.321 e. The molecule has 4 aromatic rings. The number of pyridine rings is 1. The minimum absolute atomic E-state index is 0.0504. The summed E-state index contributed by atoms with van der Waals surface area (Å²) in [5.41, 5.74) is 1.20. The molecule has 1 amide bonds. The van der Waals surface area contributed by atoms with Gasteiger partial charge in [-0.05, 0) is 49.1 Å². The second-order valence-electron chi connectivity index (χ2n) is 7.37. The van der Waals surface area contributed by atoms with Gasteiger partial charge in [0.15, 0.2) is 0 Å². The molecule has 0 radical (unpaired) electrons. The molecular weight excluding hydrogens is 362 g/mol. The van der Waals surface area contributed by atoms with E-state index in [1.165, 1.54) is 0 Å². The SMILES string of the molecule is CN(C)CCn1ccc2c(NC(=O)c3cccc4ccccc34)cccc2c1=O. The molecule has 0 saturated carbocycles. The standard InChI is InChI=1S/C24H23N3O2/c1-26(2)15-16-27-14-13-19-21(24(27)29)11-6-12-22(19)25-23(28)20-10-5-8-17-7-3-4-9-18(17)20/h3-14H,15-16H2,1-2H3,(H,25,28). The van der Waals surface area contributed by atoms with E-state index >= 15 is 0 Å². The van der Waals surface area contributed by atoms with Crippen molar-refractivity contribution in [3.05, 3.63) is 88.8 Å². The highest BCUT2D eigenvalue weighted by Gasteiger charge is 2.13. The van der Waals surface area contributed by atoms with Crippen LogP contribution in [0, 0.1) is 0 Å². The van der Waals surface area contributed by atoms with Crippen molar-refractivity contribution in [1.82, 2.24) is 9.47 Å². The summed E-state index contributed by atoms with van der Waals surface area (Å²) >= 11 is 0. The van der Waals surface area contributed by atoms with Gasteiger partial charge in [-0.3, -0.25) is 9.59 Å². The third-order valence-corrected chi connectivity index (χ3v) is 5.09. The van der Waals surface area contributed by atoms with E-state index in [9.17, 15) is 9.59 Å². The van der Waals surface area contributed by atoms with Crippen molar-refractivity contribution in [3.8, 4) is 0 Å². The van der Waals surface area contributed by atoms with Gasteiger partial charge in [0.2, 0.25) is 0 Å². The van der Waals surface area contributed by atoms with Crippen LogP contribution in [0.25, 0.3) is 21.5 Å². The maximum atomic E-state index is 13.0. The molecule has 5 nitrogen and oxygen atoms in total. The Morgan fingerprint density at radius 1 is 0.897 bits per heavy atom. The van der Waals surface area contributed by atoms with Crippen LogP contribution in [-0.4, -0.2) is 36.0 Å². The molecule has 0 aliphatic carbocycles. The Labute approximate surface area is 169 Å². The predicted octanol–water partition coefficient (Wildman–Crippen LogP) is 3.97. The van der Waals surface area contributed by atoms with Crippen LogP contribution in [0.5, 0.6) is 0 Å². The molecule has 1 N–H and O–H groups in total. The second-order valence-corrected chi connectivity index (χ2v) is 7.37. The minimum atomic E-state index is -0.189. The summed E-state index contributed by atoms with van der Waals surface area (Å²) in [6, 6.07) is 20.8. The molecule has 29 heavy (non-hydrogen) atoms. The van der Waals surface area contributed by atoms with Gasteiger partial charge in [-0.25, -0.2) is 0 Å². The van der Waals surface area contributed by atoms with Crippen LogP contribution < -0.4 is 10.9 Å². The first-order chi connectivity index (χ1) is 14.0. The maximum absolute atomic E-state index is 13.0. The summed E-state index contributed by atoms with van der Waals surface area (Å²) in [7, 11) is 3.96. The van der Waals surface area contributed by atoms with Crippen molar-refractivity contribution in [2.24, 2.45) is 0 Å². The van der Waals surface area contributed by atoms with E-state index in [4.69, 9.17) is 0 Å². The number of carbonyl (C=O) groups excluding carboxylic acids is 1. The molecule has 5 heteroatoms. The lowest BCUT2D eigenvalue weighted by molar-refractivity contribution is 0.102. The number of aromatic nitrogens is 1. The monoisotopic (exact) mass is 385 g/mol. The molecule has 4 rings (SSSR count). The Hall–Kier alpha value is -3.44. The molecule has 1 heterocycles. The fourth-order valence-corrected chi connectivity index (χ4v) is 3.52. The van der Waals surface area contributed by atoms with Gasteiger partial charge in [0, 0.05) is 41.3 Å². The van der Waals surface area contributed by atoms with Gasteiger partial charge in [0.25, 0.3) is 11.5 Å². The molecule has 0 aliphatic rings. The van der Waals surface area contributed by atoms with Crippen molar-refractivity contribution in [3.63, 3.8) is 0 Å². The predicted molar refractivity (Wildman–Crippen MR) is 119 cm³/mol. The van der Waals surface area contributed by atoms with Gasteiger partial charge in [-0.15, -0.1) is 0 Å². The molecule has 3 aromatic carbocycles. The molecule has 0 saturated heterocycles. The van der Waals surface area contributed by atoms with E-state index in [1.807, 2.05) is 73.6 Å². The minimum Gasteiger partial charge on any atom is -0.321 e. The van der Waals surface area contributed by atoms with E-state index in [1.54, 1.807) is 22.9 Å². The van der Waals surface area contributed by atoms with Gasteiger partial charge in [-0.1, -0.05) is 42.5 Å². The average molecular weight is 385 g/mol. The van der Waals surface area contributed by atoms with Gasteiger partial charge >= 0.3 is 0 Å². The van der Waals surface area contributed by atoms with Gasteiger partial charge < -0.3 is 14.8 Å². The van der Waals surface area contributed by atoms with Crippen molar-refractivity contribution < 1.29 is 4.79 Å². The number of nitrogens with one attached hydrogen (secondary N) is 1. The van der Waals surface area contributed by atoms with Crippen molar-refractivity contribution >= 4 is 33.1 Å². The molecule has 0 bridgehead atoms. The fourth-order valence-electron chi connectivity index (χ4n) is 3.52. The highest BCUT2D eigenvalue weighted by molar-refractivity contribution is 6.15. The molecule has 0 aliphatic heterocycles. The van der Waals surface area contributed by atoms with Crippen LogP contribution in [0.2, 0.25) is 0 Å². The van der Waals surface area contributed by atoms with Crippen molar-refractivity contribution in [1.29, 1.82) is 0 Å². The first kappa shape index (κ1) is 18.9. The molecule has 146 valence electrons. The third kappa shape index (κ3) is 3.77. The number of benzene rings is 3. The number of anilines is 1. The lowest BCUT2D eigenvalue weighted by Gasteiger charge is -2.14. The topological polar surface area (TPSA) is 54.3 Å². The number of nitrogens with zero attached hydrogens (tertiary/aromatic N) is 2. The number of hydrogen-bond donors (Lipinski definition) is 1. The summed E-state index contributed by atoms with van der Waals surface area (Å²) in [6.45, 7) is 1.40. The molecule has 0 spiro atoms. The highest BCUT2D eigenvalue weighted by Crippen LogP contribution is 2.24. The molecule has 0 fully saturated rings. The summed E-state index contributed by atoms with van der Waals surface area (Å²) in [5.74, 6) is -0.189. The molecule has 1 aromatic heterocycles. The Morgan fingerprint density at radius 2 is 1.62 bits per heavy atom. The van der Waals surface area contributed by atoms with E-state index in [0.29, 0.717) is 23.2 Å². The van der Waals surface area contributed by atoms with Crippen LogP contribution in [0.4, 0.5) is 5.69 Å². The number of amides is 1. The van der Waals surface area contributed by atoms with Crippen molar-refractivity contribution in [2.75, 3.05) is 26.0 Å². The highest BCUT2D eigenvalue weighted by atomic mass is 16.1. The van der Waals surface area contributed by atoms with Crippen molar-refractivity contribution in [2.45, 2.75) is 6.54 Å². The smallest absolute Gasteiger partial charge is 0.258 e. The van der Waals surface area contributed by atoms with E-state index in [-0.39, 0.29) is 11.5 Å². The first-order valence-corrected chi connectivity index (χ1v) is 9.60. The van der Waals surface area contributed by atoms with Crippen LogP contribution >= 0.6 is 0 Å². The Kier molecular flexibility index (Phi) is 5.14. The zero-order valence-electron chi connectivity index (χ0n) is 16.6. The van der Waals surface area contributed by atoms with Gasteiger partial charge in [0.05, 0.1) is 0 Å². The van der Waals surface area contributed by atoms with Crippen LogP contribution in [0.3, 0.4) is 0 Å². The van der Waals surface area contributed by atoms with Crippen LogP contribution in [-0.2, 0) is 6.54 Å². The lowest BCUT2D eigenvalue weighted by Crippen LogP contribution is -2.26. The molecular formula is C24H23N3O2.